The van der Waals surface area contributed by atoms with Crippen LogP contribution in [0.4, 0.5) is 0 Å². The van der Waals surface area contributed by atoms with E-state index in [2.05, 4.69) is 16.8 Å². The number of pyridine rings is 1. The van der Waals surface area contributed by atoms with Crippen LogP contribution in [0.15, 0.2) is 54.7 Å². The molecule has 6 heteroatoms. The van der Waals surface area contributed by atoms with Gasteiger partial charge in [-0.05, 0) is 79.8 Å². The van der Waals surface area contributed by atoms with Gasteiger partial charge in [-0.3, -0.25) is 9.88 Å². The van der Waals surface area contributed by atoms with Crippen molar-refractivity contribution in [3.05, 3.63) is 70.9 Å². The number of hydrogen-bond acceptors (Lipinski definition) is 5. The topological polar surface area (TPSA) is 51.7 Å². The zero-order chi connectivity index (χ0) is 22.9. The number of benzene rings is 2. The molecule has 6 rings (SSSR count). The molecule has 3 aromatic rings. The van der Waals surface area contributed by atoms with Crippen LogP contribution >= 0.6 is 11.6 Å². The van der Waals surface area contributed by atoms with Gasteiger partial charge in [0.25, 0.3) is 0 Å². The molecule has 2 unspecified atom stereocenters. The molecule has 1 aromatic heterocycles. The third kappa shape index (κ3) is 4.32. The number of methoxy groups -OCH3 is 1. The molecule has 3 saturated heterocycles. The van der Waals surface area contributed by atoms with Crippen molar-refractivity contribution in [2.75, 3.05) is 20.2 Å². The number of esters is 1. The first-order valence-electron chi connectivity index (χ1n) is 11.7. The molecule has 3 fully saturated rings. The molecule has 3 aliphatic heterocycles. The Morgan fingerprint density at radius 2 is 2.03 bits per heavy atom. The lowest BCUT2D eigenvalue weighted by molar-refractivity contribution is -0.0659. The Labute approximate surface area is 199 Å². The summed E-state index contributed by atoms with van der Waals surface area (Å²) in [5, 5.41) is 1.55. The molecule has 33 heavy (non-hydrogen) atoms. The third-order valence-electron chi connectivity index (χ3n) is 7.41. The minimum atomic E-state index is -0.397. The lowest BCUT2D eigenvalue weighted by Crippen LogP contribution is -2.55. The van der Waals surface area contributed by atoms with Gasteiger partial charge in [0.15, 0.2) is 0 Å². The van der Waals surface area contributed by atoms with Crippen molar-refractivity contribution in [1.29, 1.82) is 0 Å². The maximum atomic E-state index is 13.2. The fourth-order valence-corrected chi connectivity index (χ4v) is 5.72. The summed E-state index contributed by atoms with van der Waals surface area (Å²) in [6, 6.07) is 14.9. The molecule has 0 amide bonds. The smallest absolute Gasteiger partial charge is 0.338 e. The maximum absolute atomic E-state index is 13.2. The van der Waals surface area contributed by atoms with E-state index in [1.54, 1.807) is 37.6 Å². The van der Waals surface area contributed by atoms with Gasteiger partial charge in [0, 0.05) is 28.7 Å². The highest BCUT2D eigenvalue weighted by Crippen LogP contribution is 2.44. The summed E-state index contributed by atoms with van der Waals surface area (Å²) in [6.45, 7) is 4.39. The molecule has 4 heterocycles. The molecule has 5 nitrogen and oxygen atoms in total. The van der Waals surface area contributed by atoms with Crippen LogP contribution in [0.25, 0.3) is 10.9 Å². The first-order valence-corrected chi connectivity index (χ1v) is 12.1. The highest BCUT2D eigenvalue weighted by Gasteiger charge is 2.44. The Morgan fingerprint density at radius 1 is 1.21 bits per heavy atom. The van der Waals surface area contributed by atoms with E-state index in [4.69, 9.17) is 21.1 Å². The fraction of sp³-hybridized carbons (Fsp3) is 0.407. The minimum Gasteiger partial charge on any atom is -0.497 e. The molecule has 0 saturated carbocycles. The van der Waals surface area contributed by atoms with E-state index in [-0.39, 0.29) is 12.0 Å². The van der Waals surface area contributed by atoms with Crippen LogP contribution in [-0.2, 0) is 4.74 Å². The second-order valence-electron chi connectivity index (χ2n) is 9.13. The summed E-state index contributed by atoms with van der Waals surface area (Å²) in [7, 11) is 1.66. The lowest BCUT2D eigenvalue weighted by atomic mass is 9.72. The van der Waals surface area contributed by atoms with Crippen molar-refractivity contribution in [3.63, 3.8) is 0 Å². The van der Waals surface area contributed by atoms with Gasteiger partial charge >= 0.3 is 5.97 Å². The van der Waals surface area contributed by atoms with Gasteiger partial charge in [0.2, 0.25) is 0 Å². The molecule has 2 bridgehead atoms. The van der Waals surface area contributed by atoms with Gasteiger partial charge in [-0.15, -0.1) is 0 Å². The molecule has 0 N–H and O–H groups in total. The zero-order valence-corrected chi connectivity index (χ0v) is 19.8. The minimum absolute atomic E-state index is 0.139. The number of carbonyl (C=O) groups is 1. The van der Waals surface area contributed by atoms with E-state index in [1.807, 2.05) is 24.3 Å². The second-order valence-corrected chi connectivity index (χ2v) is 9.57. The van der Waals surface area contributed by atoms with Gasteiger partial charge in [-0.2, -0.15) is 0 Å². The van der Waals surface area contributed by atoms with Gasteiger partial charge in [-0.25, -0.2) is 4.79 Å². The average molecular weight is 465 g/mol. The summed E-state index contributed by atoms with van der Waals surface area (Å²) in [6.07, 6.45) is 4.85. The Bertz CT molecular complexity index is 1150. The fourth-order valence-electron chi connectivity index (χ4n) is 5.60. The van der Waals surface area contributed by atoms with E-state index < -0.39 is 6.10 Å². The predicted molar refractivity (Wildman–Crippen MR) is 130 cm³/mol. The Hall–Kier alpha value is -2.63. The monoisotopic (exact) mass is 464 g/mol. The van der Waals surface area contributed by atoms with E-state index in [0.717, 1.165) is 47.6 Å². The first kappa shape index (κ1) is 22.2. The van der Waals surface area contributed by atoms with Crippen molar-refractivity contribution in [2.24, 2.45) is 11.8 Å². The number of ether oxygens (including phenoxy) is 2. The molecular formula is C27H29ClN2O3. The summed E-state index contributed by atoms with van der Waals surface area (Å²) >= 11 is 6.03. The van der Waals surface area contributed by atoms with E-state index in [1.165, 1.54) is 12.8 Å². The normalized spacial score (nSPS) is 25.1. The van der Waals surface area contributed by atoms with Gasteiger partial charge in [-0.1, -0.05) is 24.9 Å². The highest BCUT2D eigenvalue weighted by molar-refractivity contribution is 6.30. The molecule has 5 atom stereocenters. The van der Waals surface area contributed by atoms with Gasteiger partial charge in [0.1, 0.15) is 11.9 Å². The summed E-state index contributed by atoms with van der Waals surface area (Å²) in [5.74, 6) is 1.82. The quantitative estimate of drug-likeness (QED) is 0.424. The number of aromatic nitrogens is 1. The Balaban J connectivity index is 1.55. The van der Waals surface area contributed by atoms with E-state index in [0.29, 0.717) is 16.5 Å². The molecule has 0 radical (unpaired) electrons. The van der Waals surface area contributed by atoms with Gasteiger partial charge < -0.3 is 9.47 Å². The van der Waals surface area contributed by atoms with Crippen molar-refractivity contribution >= 4 is 28.5 Å². The summed E-state index contributed by atoms with van der Waals surface area (Å²) in [5.41, 5.74) is 2.35. The standard InChI is InChI=1S/C27H29ClN2O3/c1-3-17-16-30-13-11-19(17)14-25(30)26(33-27(31)18-4-6-20(28)7-5-18)22-10-12-29-24-9-8-21(32-2)15-23(22)24/h4-10,12,15,17,19,25-26H,3,11,13-14,16H2,1-2H3/t17?,19-,25+,26-/m0/s1. The largest absolute Gasteiger partial charge is 0.497 e. The number of fused-ring (bicyclic) bond motifs is 4. The summed E-state index contributed by atoms with van der Waals surface area (Å²) in [4.78, 5) is 20.3. The number of nitrogens with zero attached hydrogens (tertiary/aromatic N) is 2. The van der Waals surface area contributed by atoms with Crippen LogP contribution in [0.3, 0.4) is 0 Å². The van der Waals surface area contributed by atoms with Crippen LogP contribution in [-0.4, -0.2) is 42.1 Å². The molecule has 2 aromatic carbocycles. The number of carbonyl (C=O) groups excluding carboxylic acids is 1. The molecule has 0 aliphatic carbocycles. The second kappa shape index (κ2) is 9.32. The number of piperidine rings is 3. The predicted octanol–water partition coefficient (Wildman–Crippen LogP) is 5.92. The van der Waals surface area contributed by atoms with E-state index >= 15 is 0 Å². The first-order chi connectivity index (χ1) is 16.1. The number of halogens is 1. The van der Waals surface area contributed by atoms with Crippen LogP contribution in [0.5, 0.6) is 5.75 Å². The highest BCUT2D eigenvalue weighted by atomic mass is 35.5. The van der Waals surface area contributed by atoms with Crippen LogP contribution in [0, 0.1) is 11.8 Å². The van der Waals surface area contributed by atoms with E-state index in [9.17, 15) is 4.79 Å². The number of rotatable bonds is 6. The van der Waals surface area contributed by atoms with Gasteiger partial charge in [0.05, 0.1) is 24.2 Å². The Morgan fingerprint density at radius 3 is 2.73 bits per heavy atom. The average Bonchev–Trinajstić information content (AvgIpc) is 2.87. The Kier molecular flexibility index (Phi) is 6.26. The molecule has 172 valence electrons. The number of hydrogen-bond donors (Lipinski definition) is 0. The van der Waals surface area contributed by atoms with Crippen molar-refractivity contribution in [3.8, 4) is 5.75 Å². The summed E-state index contributed by atoms with van der Waals surface area (Å²) < 4.78 is 11.8. The van der Waals surface area contributed by atoms with Crippen molar-refractivity contribution in [1.82, 2.24) is 9.88 Å². The SMILES string of the molecule is CCC1CN2CC[C@H]1C[C@@H]2[C@@H](OC(=O)c1ccc(Cl)cc1)c1ccnc2ccc(OC)cc12. The van der Waals surface area contributed by atoms with Crippen LogP contribution in [0.1, 0.15) is 48.2 Å². The van der Waals surface area contributed by atoms with Crippen molar-refractivity contribution < 1.29 is 14.3 Å². The maximum Gasteiger partial charge on any atom is 0.338 e. The van der Waals surface area contributed by atoms with Crippen molar-refractivity contribution in [2.45, 2.75) is 38.3 Å². The third-order valence-corrected chi connectivity index (χ3v) is 7.66. The lowest BCUT2D eigenvalue weighted by Gasteiger charge is -2.51. The zero-order valence-electron chi connectivity index (χ0n) is 19.0. The molecular weight excluding hydrogens is 436 g/mol. The molecule has 0 spiro atoms. The van der Waals surface area contributed by atoms with Crippen LogP contribution < -0.4 is 4.74 Å². The van der Waals surface area contributed by atoms with Crippen LogP contribution in [0.2, 0.25) is 5.02 Å². The molecule has 3 aliphatic rings.